The van der Waals surface area contributed by atoms with Crippen molar-refractivity contribution in [2.24, 2.45) is 0 Å². The highest BCUT2D eigenvalue weighted by Crippen LogP contribution is 2.41. The zero-order valence-electron chi connectivity index (χ0n) is 6.51. The summed E-state index contributed by atoms with van der Waals surface area (Å²) in [6, 6.07) is 0. The van der Waals surface area contributed by atoms with E-state index < -0.39 is 8.60 Å². The fourth-order valence-corrected chi connectivity index (χ4v) is 1.98. The van der Waals surface area contributed by atoms with Gasteiger partial charge in [0.2, 0.25) is 0 Å². The first kappa shape index (κ1) is 12.5. The van der Waals surface area contributed by atoms with E-state index >= 15 is 0 Å². The lowest BCUT2D eigenvalue weighted by Crippen LogP contribution is -1.78. The van der Waals surface area contributed by atoms with Gasteiger partial charge in [0.25, 0.3) is 0 Å². The van der Waals surface area contributed by atoms with Crippen LogP contribution >= 0.6 is 32.7 Å². The van der Waals surface area contributed by atoms with Crippen LogP contribution in [0.4, 0.5) is 0 Å². The second-order valence-electron chi connectivity index (χ2n) is 1.53. The highest BCUT2D eigenvalue weighted by atomic mass is 32.2. The molecule has 0 atom stereocenters. The topological polar surface area (TPSA) is 38.7 Å². The molecule has 0 fully saturated rings. The first-order valence-corrected chi connectivity index (χ1v) is 6.06. The maximum atomic E-state index is 9.01. The monoisotopic (exact) mass is 226 g/mol. The van der Waals surface area contributed by atoms with Gasteiger partial charge in [-0.2, -0.15) is 0 Å². The molecule has 6 heteroatoms. The van der Waals surface area contributed by atoms with Gasteiger partial charge in [0, 0.05) is 35.6 Å². The quantitative estimate of drug-likeness (QED) is 0.298. The van der Waals surface area contributed by atoms with E-state index in [-0.39, 0.29) is 0 Å². The minimum Gasteiger partial charge on any atom is -0.327 e. The zero-order chi connectivity index (χ0) is 9.23. The van der Waals surface area contributed by atoms with E-state index in [1.54, 1.807) is 12.2 Å². The molecule has 0 bridgehead atoms. The second-order valence-corrected chi connectivity index (χ2v) is 4.34. The molecule has 0 aromatic rings. The lowest BCUT2D eigenvalue weighted by atomic mass is 10.8. The van der Waals surface area contributed by atoms with Gasteiger partial charge in [-0.15, -0.1) is 13.2 Å². The van der Waals surface area contributed by atoms with Crippen molar-refractivity contribution >= 4 is 32.7 Å². The summed E-state index contributed by atoms with van der Waals surface area (Å²) in [4.78, 5) is 9.01. The third-order valence-corrected chi connectivity index (χ3v) is 3.21. The van der Waals surface area contributed by atoms with Crippen LogP contribution < -0.4 is 0 Å². The molecule has 3 nitrogen and oxygen atoms in total. The van der Waals surface area contributed by atoms with Crippen LogP contribution in [0.15, 0.2) is 25.3 Å². The van der Waals surface area contributed by atoms with Crippen molar-refractivity contribution in [3.8, 4) is 0 Å². The van der Waals surface area contributed by atoms with Crippen molar-refractivity contribution in [1.82, 2.24) is 0 Å². The molecule has 0 aliphatic heterocycles. The molecular weight excluding hydrogens is 215 g/mol. The number of hydrogen-bond acceptors (Lipinski definition) is 5. The average molecular weight is 226 g/mol. The Balaban J connectivity index is 3.14. The molecule has 0 rings (SSSR count). The van der Waals surface area contributed by atoms with Crippen molar-refractivity contribution in [1.29, 1.82) is 0 Å². The standard InChI is InChI=1S/C6H11O3PS2/c1-3-5-11-8-10(7)9-12-6-4-2/h3-4,7H,1-2,5-6H2. The van der Waals surface area contributed by atoms with Crippen LogP contribution in [-0.4, -0.2) is 16.4 Å². The molecule has 0 saturated carbocycles. The van der Waals surface area contributed by atoms with Crippen LogP contribution in [0.3, 0.4) is 0 Å². The largest absolute Gasteiger partial charge is 0.354 e. The van der Waals surface area contributed by atoms with E-state index in [2.05, 4.69) is 13.2 Å². The number of hydrogen-bond donors (Lipinski definition) is 1. The minimum atomic E-state index is -1.77. The summed E-state index contributed by atoms with van der Waals surface area (Å²) in [6.07, 6.45) is 3.37. The normalized spacial score (nSPS) is 10.2. The molecule has 12 heavy (non-hydrogen) atoms. The van der Waals surface area contributed by atoms with Crippen LogP contribution in [-0.2, 0) is 7.94 Å². The second kappa shape index (κ2) is 9.58. The molecule has 1 N–H and O–H groups in total. The molecule has 0 spiro atoms. The van der Waals surface area contributed by atoms with Crippen LogP contribution in [0, 0.1) is 0 Å². The van der Waals surface area contributed by atoms with Crippen molar-refractivity contribution < 1.29 is 12.8 Å². The molecule has 0 radical (unpaired) electrons. The molecule has 0 heterocycles. The van der Waals surface area contributed by atoms with Crippen molar-refractivity contribution in [2.75, 3.05) is 11.5 Å². The highest BCUT2D eigenvalue weighted by molar-refractivity contribution is 8.00. The Hall–Kier alpha value is 0.490. The van der Waals surface area contributed by atoms with Crippen LogP contribution in [0.1, 0.15) is 0 Å². The lowest BCUT2D eigenvalue weighted by Gasteiger charge is -2.05. The van der Waals surface area contributed by atoms with E-state index in [1.807, 2.05) is 0 Å². The van der Waals surface area contributed by atoms with E-state index in [1.165, 1.54) is 0 Å². The van der Waals surface area contributed by atoms with Gasteiger partial charge >= 0.3 is 8.60 Å². The minimum absolute atomic E-state index is 0.634. The predicted octanol–water partition coefficient (Wildman–Crippen LogP) is 2.91. The van der Waals surface area contributed by atoms with Gasteiger partial charge < -0.3 is 4.89 Å². The average Bonchev–Trinajstić information content (AvgIpc) is 2.06. The van der Waals surface area contributed by atoms with Crippen molar-refractivity contribution in [3.63, 3.8) is 0 Å². The van der Waals surface area contributed by atoms with Crippen LogP contribution in [0.2, 0.25) is 0 Å². The van der Waals surface area contributed by atoms with Crippen LogP contribution in [0.25, 0.3) is 0 Å². The Morgan fingerprint density at radius 1 is 1.17 bits per heavy atom. The van der Waals surface area contributed by atoms with Gasteiger partial charge in [-0.05, 0) is 0 Å². The van der Waals surface area contributed by atoms with Gasteiger partial charge in [0.15, 0.2) is 0 Å². The van der Waals surface area contributed by atoms with E-state index in [0.29, 0.717) is 11.5 Å². The first-order chi connectivity index (χ1) is 5.81. The Morgan fingerprint density at radius 2 is 1.58 bits per heavy atom. The molecule has 0 unspecified atom stereocenters. The van der Waals surface area contributed by atoms with Crippen molar-refractivity contribution in [3.05, 3.63) is 25.3 Å². The third-order valence-electron chi connectivity index (χ3n) is 0.605. The van der Waals surface area contributed by atoms with Gasteiger partial charge in [-0.3, -0.25) is 0 Å². The fourth-order valence-electron chi connectivity index (χ4n) is 0.260. The fraction of sp³-hybridized carbons (Fsp3) is 0.333. The van der Waals surface area contributed by atoms with E-state index in [4.69, 9.17) is 12.8 Å². The molecular formula is C6H11O3PS2. The summed E-state index contributed by atoms with van der Waals surface area (Å²) < 4.78 is 9.63. The summed E-state index contributed by atoms with van der Waals surface area (Å²) in [5.74, 6) is 1.27. The lowest BCUT2D eigenvalue weighted by molar-refractivity contribution is 0.431. The molecule has 0 aromatic heterocycles. The molecule has 0 aliphatic rings. The molecule has 0 saturated heterocycles. The predicted molar refractivity (Wildman–Crippen MR) is 56.6 cm³/mol. The Labute approximate surface area is 82.6 Å². The maximum absolute atomic E-state index is 9.01. The smallest absolute Gasteiger partial charge is 0.327 e. The molecule has 0 aromatic carbocycles. The summed E-state index contributed by atoms with van der Waals surface area (Å²) in [5, 5.41) is 0. The first-order valence-electron chi connectivity index (χ1n) is 3.11. The molecule has 0 aliphatic carbocycles. The van der Waals surface area contributed by atoms with Crippen LogP contribution in [0.5, 0.6) is 0 Å². The molecule has 70 valence electrons. The Bertz CT molecular complexity index is 120. The van der Waals surface area contributed by atoms with Crippen molar-refractivity contribution in [2.45, 2.75) is 0 Å². The summed E-state index contributed by atoms with van der Waals surface area (Å²) >= 11 is 2.23. The van der Waals surface area contributed by atoms with E-state index in [0.717, 1.165) is 24.1 Å². The third kappa shape index (κ3) is 8.59. The highest BCUT2D eigenvalue weighted by Gasteiger charge is 2.06. The Morgan fingerprint density at radius 3 is 1.92 bits per heavy atom. The Kier molecular flexibility index (Phi) is 9.97. The number of rotatable bonds is 8. The molecule has 0 amide bonds. The van der Waals surface area contributed by atoms with Gasteiger partial charge in [-0.1, -0.05) is 12.2 Å². The summed E-state index contributed by atoms with van der Waals surface area (Å²) in [7, 11) is -1.77. The van der Waals surface area contributed by atoms with Gasteiger partial charge in [0.05, 0.1) is 0 Å². The summed E-state index contributed by atoms with van der Waals surface area (Å²) in [5.41, 5.74) is 0. The SMILES string of the molecule is C=CCSOP(O)OSCC=C. The summed E-state index contributed by atoms with van der Waals surface area (Å²) in [6.45, 7) is 7.00. The zero-order valence-corrected chi connectivity index (χ0v) is 9.04. The van der Waals surface area contributed by atoms with Gasteiger partial charge in [-0.25, -0.2) is 7.94 Å². The van der Waals surface area contributed by atoms with Gasteiger partial charge in [0.1, 0.15) is 0 Å². The van der Waals surface area contributed by atoms with E-state index in [9.17, 15) is 0 Å². The maximum Gasteiger partial charge on any atom is 0.354 e.